The van der Waals surface area contributed by atoms with E-state index in [1.54, 1.807) is 7.11 Å². The summed E-state index contributed by atoms with van der Waals surface area (Å²) in [6.45, 7) is 7.60. The van der Waals surface area contributed by atoms with Crippen LogP contribution in [0.25, 0.3) is 0 Å². The van der Waals surface area contributed by atoms with E-state index >= 15 is 0 Å². The van der Waals surface area contributed by atoms with Crippen molar-refractivity contribution in [2.75, 3.05) is 7.11 Å². The lowest BCUT2D eigenvalue weighted by molar-refractivity contribution is 0.334. The van der Waals surface area contributed by atoms with Gasteiger partial charge in [0.2, 0.25) is 0 Å². The first-order chi connectivity index (χ1) is 8.03. The third kappa shape index (κ3) is 3.01. The molecule has 1 aromatic carbocycles. The van der Waals surface area contributed by atoms with Gasteiger partial charge in [-0.05, 0) is 45.6 Å². The van der Waals surface area contributed by atoms with Crippen LogP contribution in [0.4, 0.5) is 0 Å². The van der Waals surface area contributed by atoms with Crippen molar-refractivity contribution in [3.8, 4) is 5.75 Å². The summed E-state index contributed by atoms with van der Waals surface area (Å²) < 4.78 is 5.40. The fraction of sp³-hybridized carbons (Fsp3) is 0.600. The predicted octanol–water partition coefficient (Wildman–Crippen LogP) is 3.28. The SMILES string of the molecule is COc1ccc(C)cc1CNC(C)(C)C1CC1. The molecule has 0 bridgehead atoms. The van der Waals surface area contributed by atoms with Gasteiger partial charge in [-0.3, -0.25) is 0 Å². The lowest BCUT2D eigenvalue weighted by atomic mass is 9.98. The first kappa shape index (κ1) is 12.4. The highest BCUT2D eigenvalue weighted by atomic mass is 16.5. The molecule has 17 heavy (non-hydrogen) atoms. The van der Waals surface area contributed by atoms with E-state index < -0.39 is 0 Å². The normalized spacial score (nSPS) is 16.0. The van der Waals surface area contributed by atoms with Gasteiger partial charge in [0.05, 0.1) is 7.11 Å². The van der Waals surface area contributed by atoms with E-state index in [1.807, 2.05) is 0 Å². The third-order valence-electron chi connectivity index (χ3n) is 3.77. The molecule has 1 aromatic rings. The van der Waals surface area contributed by atoms with Crippen molar-refractivity contribution in [3.05, 3.63) is 29.3 Å². The Morgan fingerprint density at radius 2 is 2.06 bits per heavy atom. The molecule has 0 radical (unpaired) electrons. The fourth-order valence-electron chi connectivity index (χ4n) is 2.32. The minimum atomic E-state index is 0.245. The minimum absolute atomic E-state index is 0.245. The van der Waals surface area contributed by atoms with Gasteiger partial charge in [-0.25, -0.2) is 0 Å². The molecule has 1 fully saturated rings. The second-order valence-corrected chi connectivity index (χ2v) is 5.66. The van der Waals surface area contributed by atoms with E-state index in [4.69, 9.17) is 4.74 Å². The zero-order valence-corrected chi connectivity index (χ0v) is 11.3. The Morgan fingerprint density at radius 3 is 2.65 bits per heavy atom. The van der Waals surface area contributed by atoms with E-state index in [9.17, 15) is 0 Å². The van der Waals surface area contributed by atoms with Gasteiger partial charge in [0.1, 0.15) is 5.75 Å². The van der Waals surface area contributed by atoms with Gasteiger partial charge in [0.25, 0.3) is 0 Å². The molecule has 1 aliphatic carbocycles. The molecular formula is C15H23NO. The molecule has 1 aliphatic rings. The molecule has 0 heterocycles. The number of hydrogen-bond donors (Lipinski definition) is 1. The molecular weight excluding hydrogens is 210 g/mol. The second kappa shape index (κ2) is 4.69. The maximum Gasteiger partial charge on any atom is 0.123 e. The van der Waals surface area contributed by atoms with Crippen molar-refractivity contribution in [3.63, 3.8) is 0 Å². The van der Waals surface area contributed by atoms with Gasteiger partial charge < -0.3 is 10.1 Å². The average molecular weight is 233 g/mol. The van der Waals surface area contributed by atoms with Crippen LogP contribution in [0.2, 0.25) is 0 Å². The molecule has 94 valence electrons. The lowest BCUT2D eigenvalue weighted by Gasteiger charge is -2.26. The number of ether oxygens (including phenoxy) is 1. The molecule has 1 N–H and O–H groups in total. The van der Waals surface area contributed by atoms with Gasteiger partial charge in [-0.15, -0.1) is 0 Å². The molecule has 2 heteroatoms. The highest BCUT2D eigenvalue weighted by molar-refractivity contribution is 5.36. The molecule has 1 saturated carbocycles. The Bertz CT molecular complexity index is 394. The molecule has 0 aromatic heterocycles. The number of nitrogens with one attached hydrogen (secondary N) is 1. The van der Waals surface area contributed by atoms with Crippen molar-refractivity contribution in [2.24, 2.45) is 5.92 Å². The maximum absolute atomic E-state index is 5.40. The topological polar surface area (TPSA) is 21.3 Å². The van der Waals surface area contributed by atoms with E-state index in [2.05, 4.69) is 44.3 Å². The molecule has 0 atom stereocenters. The van der Waals surface area contributed by atoms with Crippen molar-refractivity contribution in [2.45, 2.75) is 45.7 Å². The monoisotopic (exact) mass is 233 g/mol. The zero-order valence-electron chi connectivity index (χ0n) is 11.3. The van der Waals surface area contributed by atoms with Crippen LogP contribution in [0, 0.1) is 12.8 Å². The summed E-state index contributed by atoms with van der Waals surface area (Å²) in [6.07, 6.45) is 2.73. The van der Waals surface area contributed by atoms with Crippen LogP contribution >= 0.6 is 0 Å². The van der Waals surface area contributed by atoms with Crippen LogP contribution in [-0.4, -0.2) is 12.6 Å². The first-order valence-electron chi connectivity index (χ1n) is 6.41. The maximum atomic E-state index is 5.40. The van der Waals surface area contributed by atoms with Crippen molar-refractivity contribution in [1.82, 2.24) is 5.32 Å². The van der Waals surface area contributed by atoms with E-state index in [0.717, 1.165) is 18.2 Å². The van der Waals surface area contributed by atoms with Crippen molar-refractivity contribution >= 4 is 0 Å². The Hall–Kier alpha value is -1.02. The van der Waals surface area contributed by atoms with Crippen LogP contribution in [0.15, 0.2) is 18.2 Å². The highest BCUT2D eigenvalue weighted by Crippen LogP contribution is 2.39. The lowest BCUT2D eigenvalue weighted by Crippen LogP contribution is -2.40. The number of aryl methyl sites for hydroxylation is 1. The standard InChI is InChI=1S/C15H23NO/c1-11-5-8-14(17-4)12(9-11)10-16-15(2,3)13-6-7-13/h5,8-9,13,16H,6-7,10H2,1-4H3. The average Bonchev–Trinajstić information content (AvgIpc) is 3.11. The third-order valence-corrected chi connectivity index (χ3v) is 3.77. The van der Waals surface area contributed by atoms with Crippen LogP contribution in [0.5, 0.6) is 5.75 Å². The molecule has 0 saturated heterocycles. The number of hydrogen-bond acceptors (Lipinski definition) is 2. The minimum Gasteiger partial charge on any atom is -0.496 e. The summed E-state index contributed by atoms with van der Waals surface area (Å²) in [5.74, 6) is 1.83. The largest absolute Gasteiger partial charge is 0.496 e. The van der Waals surface area contributed by atoms with E-state index in [-0.39, 0.29) is 5.54 Å². The van der Waals surface area contributed by atoms with Crippen molar-refractivity contribution < 1.29 is 4.74 Å². The van der Waals surface area contributed by atoms with Gasteiger partial charge in [-0.2, -0.15) is 0 Å². The molecule has 0 spiro atoms. The quantitative estimate of drug-likeness (QED) is 0.842. The molecule has 2 rings (SSSR count). The highest BCUT2D eigenvalue weighted by Gasteiger charge is 2.37. The summed E-state index contributed by atoms with van der Waals surface area (Å²) in [5.41, 5.74) is 2.78. The summed E-state index contributed by atoms with van der Waals surface area (Å²) in [7, 11) is 1.74. The van der Waals surface area contributed by atoms with Gasteiger partial charge in [0, 0.05) is 17.6 Å². The van der Waals surface area contributed by atoms with Crippen LogP contribution in [-0.2, 0) is 6.54 Å². The summed E-state index contributed by atoms with van der Waals surface area (Å²) >= 11 is 0. The van der Waals surface area contributed by atoms with Crippen LogP contribution < -0.4 is 10.1 Å². The summed E-state index contributed by atoms with van der Waals surface area (Å²) in [4.78, 5) is 0. The summed E-state index contributed by atoms with van der Waals surface area (Å²) in [5, 5.41) is 3.66. The van der Waals surface area contributed by atoms with E-state index in [1.165, 1.54) is 24.0 Å². The molecule has 0 unspecified atom stereocenters. The fourth-order valence-corrected chi connectivity index (χ4v) is 2.32. The number of rotatable bonds is 5. The number of benzene rings is 1. The zero-order chi connectivity index (χ0) is 12.5. The van der Waals surface area contributed by atoms with E-state index in [0.29, 0.717) is 0 Å². The Labute approximate surface area is 104 Å². The predicted molar refractivity (Wildman–Crippen MR) is 71.4 cm³/mol. The van der Waals surface area contributed by atoms with Gasteiger partial charge >= 0.3 is 0 Å². The summed E-state index contributed by atoms with van der Waals surface area (Å²) in [6, 6.07) is 6.35. The van der Waals surface area contributed by atoms with Crippen molar-refractivity contribution in [1.29, 1.82) is 0 Å². The Balaban J connectivity index is 2.04. The Morgan fingerprint density at radius 1 is 1.35 bits per heavy atom. The molecule has 0 aliphatic heterocycles. The molecule has 0 amide bonds. The number of methoxy groups -OCH3 is 1. The van der Waals surface area contributed by atoms with Crippen LogP contribution in [0.3, 0.4) is 0 Å². The first-order valence-corrected chi connectivity index (χ1v) is 6.41. The second-order valence-electron chi connectivity index (χ2n) is 5.66. The van der Waals surface area contributed by atoms with Gasteiger partial charge in [0.15, 0.2) is 0 Å². The van der Waals surface area contributed by atoms with Gasteiger partial charge in [-0.1, -0.05) is 17.7 Å². The Kier molecular flexibility index (Phi) is 3.43. The smallest absolute Gasteiger partial charge is 0.123 e. The van der Waals surface area contributed by atoms with Crippen LogP contribution in [0.1, 0.15) is 37.8 Å². The molecule has 2 nitrogen and oxygen atoms in total.